The first-order chi connectivity index (χ1) is 17.8. The van der Waals surface area contributed by atoms with Crippen LogP contribution in [0.4, 0.5) is 5.69 Å². The van der Waals surface area contributed by atoms with Crippen LogP contribution in [0, 0.1) is 6.92 Å². The van der Waals surface area contributed by atoms with Crippen LogP contribution in [0.25, 0.3) is 5.76 Å². The lowest BCUT2D eigenvalue weighted by molar-refractivity contribution is -0.132. The minimum atomic E-state index is -0.929. The third-order valence-electron chi connectivity index (χ3n) is 6.09. The predicted molar refractivity (Wildman–Crippen MR) is 141 cm³/mol. The lowest BCUT2D eigenvalue weighted by Gasteiger charge is -2.27. The maximum atomic E-state index is 13.4. The standard InChI is InChI=1S/C29H26ClNO6/c1-4-36-20-14-15-23(30)22(16-20)26(32)24-25(21-9-7-6-8-17(21)3)31(28(34)27(24)33)19-12-10-18(11-13-19)29(35)37-5-2/h6-16,25,32H,4-5H2,1-3H3/b26-24+. The van der Waals surface area contributed by atoms with Crippen molar-refractivity contribution < 1.29 is 29.0 Å². The van der Waals surface area contributed by atoms with E-state index in [0.717, 1.165) is 5.56 Å². The average Bonchev–Trinajstić information content (AvgIpc) is 3.15. The number of aliphatic hydroxyl groups excluding tert-OH is 1. The van der Waals surface area contributed by atoms with Gasteiger partial charge in [0.25, 0.3) is 11.7 Å². The summed E-state index contributed by atoms with van der Waals surface area (Å²) in [4.78, 5) is 40.3. The zero-order valence-corrected chi connectivity index (χ0v) is 21.4. The molecule has 1 amide bonds. The van der Waals surface area contributed by atoms with Crippen LogP contribution in [0.1, 0.15) is 46.9 Å². The van der Waals surface area contributed by atoms with Crippen LogP contribution in [0.3, 0.4) is 0 Å². The Morgan fingerprint density at radius 3 is 2.35 bits per heavy atom. The summed E-state index contributed by atoms with van der Waals surface area (Å²) in [6, 6.07) is 17.4. The zero-order chi connectivity index (χ0) is 26.7. The van der Waals surface area contributed by atoms with Gasteiger partial charge in [-0.15, -0.1) is 0 Å². The molecule has 4 rings (SSSR count). The molecule has 0 aromatic heterocycles. The fourth-order valence-electron chi connectivity index (χ4n) is 4.35. The number of ketones is 1. The van der Waals surface area contributed by atoms with Crippen molar-refractivity contribution in [2.45, 2.75) is 26.8 Å². The number of rotatable bonds is 7. The van der Waals surface area contributed by atoms with Crippen molar-refractivity contribution in [2.24, 2.45) is 0 Å². The summed E-state index contributed by atoms with van der Waals surface area (Å²) in [5.74, 6) is -2.09. The monoisotopic (exact) mass is 519 g/mol. The van der Waals surface area contributed by atoms with E-state index in [1.807, 2.05) is 26.0 Å². The Balaban J connectivity index is 1.90. The van der Waals surface area contributed by atoms with E-state index in [4.69, 9.17) is 21.1 Å². The number of nitrogens with zero attached hydrogens (tertiary/aromatic N) is 1. The van der Waals surface area contributed by atoms with Crippen molar-refractivity contribution in [1.82, 2.24) is 0 Å². The van der Waals surface area contributed by atoms with Crippen LogP contribution in [0.15, 0.2) is 72.3 Å². The minimum Gasteiger partial charge on any atom is -0.507 e. The molecule has 1 unspecified atom stereocenters. The van der Waals surface area contributed by atoms with Gasteiger partial charge in [0.1, 0.15) is 11.5 Å². The summed E-state index contributed by atoms with van der Waals surface area (Å²) in [6.07, 6.45) is 0. The van der Waals surface area contributed by atoms with E-state index in [9.17, 15) is 19.5 Å². The Hall–Kier alpha value is -4.10. The Labute approximate surface area is 219 Å². The van der Waals surface area contributed by atoms with E-state index in [1.54, 1.807) is 43.3 Å². The quantitative estimate of drug-likeness (QED) is 0.182. The zero-order valence-electron chi connectivity index (χ0n) is 20.7. The first-order valence-corrected chi connectivity index (χ1v) is 12.2. The third-order valence-corrected chi connectivity index (χ3v) is 6.42. The second-order valence-corrected chi connectivity index (χ2v) is 8.77. The number of amides is 1. The molecule has 1 saturated heterocycles. The first-order valence-electron chi connectivity index (χ1n) is 11.8. The van der Waals surface area contributed by atoms with Gasteiger partial charge in [0.2, 0.25) is 0 Å². The van der Waals surface area contributed by atoms with Crippen molar-refractivity contribution in [3.8, 4) is 5.75 Å². The molecule has 1 aliphatic heterocycles. The summed E-state index contributed by atoms with van der Waals surface area (Å²) in [5, 5.41) is 11.6. The van der Waals surface area contributed by atoms with Gasteiger partial charge in [-0.25, -0.2) is 4.79 Å². The number of carbonyl (C=O) groups excluding carboxylic acids is 3. The van der Waals surface area contributed by atoms with Crippen LogP contribution >= 0.6 is 11.6 Å². The number of esters is 1. The molecule has 190 valence electrons. The number of anilines is 1. The van der Waals surface area contributed by atoms with Crippen LogP contribution in [-0.4, -0.2) is 36.0 Å². The number of aryl methyl sites for hydroxylation is 1. The molecule has 0 spiro atoms. The molecular weight excluding hydrogens is 494 g/mol. The molecule has 3 aromatic rings. The number of hydrogen-bond acceptors (Lipinski definition) is 6. The summed E-state index contributed by atoms with van der Waals surface area (Å²) in [5.41, 5.74) is 2.27. The molecule has 1 N–H and O–H groups in total. The number of hydrogen-bond donors (Lipinski definition) is 1. The fraction of sp³-hybridized carbons (Fsp3) is 0.207. The van der Waals surface area contributed by atoms with Gasteiger partial charge in [0.15, 0.2) is 0 Å². The van der Waals surface area contributed by atoms with Crippen molar-refractivity contribution in [3.05, 3.63) is 99.6 Å². The van der Waals surface area contributed by atoms with Crippen molar-refractivity contribution >= 4 is 40.7 Å². The summed E-state index contributed by atoms with van der Waals surface area (Å²) < 4.78 is 10.6. The van der Waals surface area contributed by atoms with E-state index < -0.39 is 29.5 Å². The highest BCUT2D eigenvalue weighted by Gasteiger charge is 2.47. The van der Waals surface area contributed by atoms with Gasteiger partial charge in [0.05, 0.1) is 35.4 Å². The third kappa shape index (κ3) is 4.95. The van der Waals surface area contributed by atoms with E-state index in [0.29, 0.717) is 29.2 Å². The second-order valence-electron chi connectivity index (χ2n) is 8.37. The van der Waals surface area contributed by atoms with E-state index in [2.05, 4.69) is 0 Å². The number of carbonyl (C=O) groups is 3. The first kappa shape index (κ1) is 26.0. The maximum absolute atomic E-state index is 13.4. The maximum Gasteiger partial charge on any atom is 0.338 e. The van der Waals surface area contributed by atoms with Crippen molar-refractivity contribution in [3.63, 3.8) is 0 Å². The molecule has 1 atom stereocenters. The largest absolute Gasteiger partial charge is 0.507 e. The Morgan fingerprint density at radius 2 is 1.70 bits per heavy atom. The summed E-state index contributed by atoms with van der Waals surface area (Å²) in [7, 11) is 0. The van der Waals surface area contributed by atoms with Crippen LogP contribution in [-0.2, 0) is 14.3 Å². The minimum absolute atomic E-state index is 0.0932. The number of aliphatic hydroxyl groups is 1. The predicted octanol–water partition coefficient (Wildman–Crippen LogP) is 5.85. The molecule has 1 fully saturated rings. The van der Waals surface area contributed by atoms with Gasteiger partial charge >= 0.3 is 5.97 Å². The van der Waals surface area contributed by atoms with Crippen LogP contribution in [0.2, 0.25) is 5.02 Å². The Morgan fingerprint density at radius 1 is 1.00 bits per heavy atom. The smallest absolute Gasteiger partial charge is 0.338 e. The molecule has 37 heavy (non-hydrogen) atoms. The fourth-order valence-corrected chi connectivity index (χ4v) is 4.55. The molecule has 0 bridgehead atoms. The molecule has 0 aliphatic carbocycles. The van der Waals surface area contributed by atoms with Gasteiger partial charge in [-0.3, -0.25) is 14.5 Å². The lowest BCUT2D eigenvalue weighted by Crippen LogP contribution is -2.29. The Kier molecular flexibility index (Phi) is 7.64. The number of benzene rings is 3. The van der Waals surface area contributed by atoms with Gasteiger partial charge in [-0.2, -0.15) is 0 Å². The highest BCUT2D eigenvalue weighted by Crippen LogP contribution is 2.44. The van der Waals surface area contributed by atoms with Gasteiger partial charge < -0.3 is 14.6 Å². The SMILES string of the molecule is CCOC(=O)c1ccc(N2C(=O)C(=O)/C(=C(/O)c3cc(OCC)ccc3Cl)C2c2ccccc2C)cc1. The van der Waals surface area contributed by atoms with Crippen molar-refractivity contribution in [1.29, 1.82) is 0 Å². The molecule has 8 heteroatoms. The molecule has 0 radical (unpaired) electrons. The highest BCUT2D eigenvalue weighted by molar-refractivity contribution is 6.52. The van der Waals surface area contributed by atoms with Crippen molar-refractivity contribution in [2.75, 3.05) is 18.1 Å². The topological polar surface area (TPSA) is 93.1 Å². The molecule has 0 saturated carbocycles. The summed E-state index contributed by atoms with van der Waals surface area (Å²) >= 11 is 6.40. The average molecular weight is 520 g/mol. The van der Waals surface area contributed by atoms with Gasteiger partial charge in [0, 0.05) is 11.3 Å². The van der Waals surface area contributed by atoms with E-state index in [1.165, 1.54) is 23.1 Å². The second kappa shape index (κ2) is 10.9. The normalized spacial score (nSPS) is 16.6. The highest BCUT2D eigenvalue weighted by atomic mass is 35.5. The van der Waals surface area contributed by atoms with E-state index >= 15 is 0 Å². The summed E-state index contributed by atoms with van der Waals surface area (Å²) in [6.45, 7) is 6.03. The van der Waals surface area contributed by atoms with Crippen LogP contribution in [0.5, 0.6) is 5.75 Å². The number of Topliss-reactive ketones (excluding diaryl/α,β-unsaturated/α-hetero) is 1. The lowest BCUT2D eigenvalue weighted by atomic mass is 9.92. The van der Waals surface area contributed by atoms with Gasteiger partial charge in [-0.1, -0.05) is 35.9 Å². The Bertz CT molecular complexity index is 1400. The molecule has 3 aromatic carbocycles. The van der Waals surface area contributed by atoms with E-state index in [-0.39, 0.29) is 22.8 Å². The molecular formula is C29H26ClNO6. The number of halogens is 1. The molecule has 1 aliphatic rings. The van der Waals surface area contributed by atoms with Gasteiger partial charge in [-0.05, 0) is 74.4 Å². The van der Waals surface area contributed by atoms with Crippen LogP contribution < -0.4 is 9.64 Å². The number of ether oxygens (including phenoxy) is 2. The molecule has 7 nitrogen and oxygen atoms in total. The molecule has 1 heterocycles.